The smallest absolute Gasteiger partial charge is 0.356 e. The van der Waals surface area contributed by atoms with Gasteiger partial charge in [-0.2, -0.15) is 13.2 Å². The summed E-state index contributed by atoms with van der Waals surface area (Å²) in [6.07, 6.45) is -4.41. The van der Waals surface area contributed by atoms with Crippen molar-refractivity contribution >= 4 is 17.3 Å². The Hall–Kier alpha value is -2.09. The van der Waals surface area contributed by atoms with Gasteiger partial charge in [0.1, 0.15) is 5.01 Å². The van der Waals surface area contributed by atoms with Crippen LogP contribution in [0.5, 0.6) is 0 Å². The normalized spacial score (nSPS) is 13.0. The molecule has 0 radical (unpaired) electrons. The largest absolute Gasteiger partial charge is 0.434 e. The Balaban J connectivity index is 1.90. The number of nitrogens with one attached hydrogen (secondary N) is 2. The van der Waals surface area contributed by atoms with Crippen LogP contribution in [-0.2, 0) is 18.1 Å². The molecule has 2 aromatic rings. The number of thiazole rings is 1. The van der Waals surface area contributed by atoms with E-state index in [1.807, 2.05) is 18.2 Å². The van der Waals surface area contributed by atoms with Crippen molar-refractivity contribution in [1.29, 1.82) is 0 Å². The molecule has 1 heterocycles. The molecule has 1 aromatic heterocycles. The van der Waals surface area contributed by atoms with Gasteiger partial charge in [0.2, 0.25) is 0 Å². The molecule has 2 rings (SSSR count). The van der Waals surface area contributed by atoms with Gasteiger partial charge in [-0.05, 0) is 5.56 Å². The van der Waals surface area contributed by atoms with Crippen molar-refractivity contribution in [2.45, 2.75) is 32.0 Å². The lowest BCUT2D eigenvalue weighted by Gasteiger charge is -2.26. The molecule has 0 aliphatic rings. The van der Waals surface area contributed by atoms with Crippen LogP contribution in [-0.4, -0.2) is 24.5 Å². The molecular formula is C17H21F3N4S. The third-order valence-corrected chi connectivity index (χ3v) is 4.57. The molecule has 1 aromatic carbocycles. The fourth-order valence-electron chi connectivity index (χ4n) is 2.20. The van der Waals surface area contributed by atoms with Gasteiger partial charge in [-0.3, -0.25) is 4.99 Å². The van der Waals surface area contributed by atoms with Gasteiger partial charge in [0.05, 0.1) is 6.54 Å². The minimum absolute atomic E-state index is 0.122. The van der Waals surface area contributed by atoms with E-state index < -0.39 is 11.9 Å². The number of rotatable bonds is 5. The molecule has 0 aliphatic heterocycles. The highest BCUT2D eigenvalue weighted by Gasteiger charge is 2.33. The first-order chi connectivity index (χ1) is 11.7. The number of guanidine groups is 1. The molecule has 25 heavy (non-hydrogen) atoms. The van der Waals surface area contributed by atoms with E-state index in [1.165, 1.54) is 5.56 Å². The number of halogens is 3. The SMILES string of the molecule is CN=C(NCc1nc(C(F)(F)F)cs1)NCC(C)(C)c1ccccc1. The van der Waals surface area contributed by atoms with Gasteiger partial charge in [-0.25, -0.2) is 4.98 Å². The number of alkyl halides is 3. The second-order valence-corrected chi connectivity index (χ2v) is 7.10. The van der Waals surface area contributed by atoms with Gasteiger partial charge < -0.3 is 10.6 Å². The molecular weight excluding hydrogens is 349 g/mol. The van der Waals surface area contributed by atoms with Crippen molar-refractivity contribution < 1.29 is 13.2 Å². The maximum atomic E-state index is 12.6. The van der Waals surface area contributed by atoms with Crippen LogP contribution in [0.25, 0.3) is 0 Å². The quantitative estimate of drug-likeness (QED) is 0.622. The summed E-state index contributed by atoms with van der Waals surface area (Å²) in [5, 5.41) is 7.58. The van der Waals surface area contributed by atoms with E-state index in [0.717, 1.165) is 16.7 Å². The summed E-state index contributed by atoms with van der Waals surface area (Å²) in [7, 11) is 1.62. The van der Waals surface area contributed by atoms with Crippen LogP contribution in [0, 0.1) is 0 Å². The first kappa shape index (κ1) is 19.2. The molecule has 0 spiro atoms. The number of hydrogen-bond donors (Lipinski definition) is 2. The summed E-state index contributed by atoms with van der Waals surface area (Å²) in [5.74, 6) is 0.521. The predicted octanol–water partition coefficient (Wildman–Crippen LogP) is 3.80. The Morgan fingerprint density at radius 2 is 1.84 bits per heavy atom. The molecule has 0 unspecified atom stereocenters. The molecule has 0 atom stereocenters. The standard InChI is InChI=1S/C17H21F3N4S/c1-16(2,12-7-5-4-6-8-12)11-23-15(21-3)22-9-14-24-13(10-25-14)17(18,19)20/h4-8,10H,9,11H2,1-3H3,(H2,21,22,23). The van der Waals surface area contributed by atoms with Crippen LogP contribution in [0.15, 0.2) is 40.7 Å². The van der Waals surface area contributed by atoms with E-state index in [2.05, 4.69) is 46.6 Å². The van der Waals surface area contributed by atoms with Gasteiger partial charge in [0.15, 0.2) is 11.7 Å². The molecule has 136 valence electrons. The van der Waals surface area contributed by atoms with Crippen molar-refractivity contribution in [2.75, 3.05) is 13.6 Å². The number of nitrogens with zero attached hydrogens (tertiary/aromatic N) is 2. The fraction of sp³-hybridized carbons (Fsp3) is 0.412. The van der Waals surface area contributed by atoms with E-state index in [0.29, 0.717) is 17.5 Å². The van der Waals surface area contributed by atoms with Gasteiger partial charge >= 0.3 is 6.18 Å². The number of aromatic nitrogens is 1. The van der Waals surface area contributed by atoms with Crippen molar-refractivity contribution in [1.82, 2.24) is 15.6 Å². The highest BCUT2D eigenvalue weighted by Crippen LogP contribution is 2.29. The summed E-state index contributed by atoms with van der Waals surface area (Å²) in [6, 6.07) is 10.1. The Kier molecular flexibility index (Phi) is 6.05. The van der Waals surface area contributed by atoms with E-state index in [1.54, 1.807) is 7.05 Å². The summed E-state index contributed by atoms with van der Waals surface area (Å²) < 4.78 is 37.7. The zero-order valence-corrected chi connectivity index (χ0v) is 15.1. The summed E-state index contributed by atoms with van der Waals surface area (Å²) in [4.78, 5) is 7.70. The minimum Gasteiger partial charge on any atom is -0.356 e. The third kappa shape index (κ3) is 5.45. The molecule has 0 saturated carbocycles. The Labute approximate surface area is 149 Å². The van der Waals surface area contributed by atoms with Gasteiger partial charge in [-0.15, -0.1) is 11.3 Å². The van der Waals surface area contributed by atoms with Gasteiger partial charge in [0, 0.05) is 24.4 Å². The Morgan fingerprint density at radius 1 is 1.16 bits per heavy atom. The van der Waals surface area contributed by atoms with Crippen LogP contribution in [0.4, 0.5) is 13.2 Å². The molecule has 0 saturated heterocycles. The highest BCUT2D eigenvalue weighted by atomic mass is 32.1. The lowest BCUT2D eigenvalue weighted by atomic mass is 9.85. The van der Waals surface area contributed by atoms with Crippen LogP contribution < -0.4 is 10.6 Å². The first-order valence-electron chi connectivity index (χ1n) is 7.74. The second-order valence-electron chi connectivity index (χ2n) is 6.15. The number of hydrogen-bond acceptors (Lipinski definition) is 3. The number of benzene rings is 1. The summed E-state index contributed by atoms with van der Waals surface area (Å²) in [5.41, 5.74) is 0.207. The Morgan fingerprint density at radius 3 is 2.40 bits per heavy atom. The Bertz CT molecular complexity index is 708. The second kappa shape index (κ2) is 7.86. The van der Waals surface area contributed by atoms with Crippen LogP contribution in [0.3, 0.4) is 0 Å². The van der Waals surface area contributed by atoms with Crippen molar-refractivity contribution in [3.8, 4) is 0 Å². The maximum absolute atomic E-state index is 12.6. The van der Waals surface area contributed by atoms with E-state index >= 15 is 0 Å². The van der Waals surface area contributed by atoms with Gasteiger partial charge in [-0.1, -0.05) is 44.2 Å². The van der Waals surface area contributed by atoms with Crippen LogP contribution in [0.2, 0.25) is 0 Å². The molecule has 2 N–H and O–H groups in total. The maximum Gasteiger partial charge on any atom is 0.434 e. The highest BCUT2D eigenvalue weighted by molar-refractivity contribution is 7.09. The zero-order valence-electron chi connectivity index (χ0n) is 14.3. The minimum atomic E-state index is -4.41. The molecule has 0 amide bonds. The average Bonchev–Trinajstić information content (AvgIpc) is 3.05. The van der Waals surface area contributed by atoms with Gasteiger partial charge in [0.25, 0.3) is 0 Å². The van der Waals surface area contributed by atoms with Crippen molar-refractivity contribution in [3.05, 3.63) is 52.0 Å². The molecule has 0 bridgehead atoms. The van der Waals surface area contributed by atoms with E-state index in [-0.39, 0.29) is 12.0 Å². The molecule has 0 fully saturated rings. The van der Waals surface area contributed by atoms with Crippen LogP contribution >= 0.6 is 11.3 Å². The summed E-state index contributed by atoms with van der Waals surface area (Å²) in [6.45, 7) is 5.03. The molecule has 0 aliphatic carbocycles. The molecule has 8 heteroatoms. The molecule has 4 nitrogen and oxygen atoms in total. The average molecular weight is 370 g/mol. The fourth-order valence-corrected chi connectivity index (χ4v) is 2.94. The van der Waals surface area contributed by atoms with Crippen LogP contribution in [0.1, 0.15) is 30.1 Å². The number of aliphatic imine (C=N–C) groups is 1. The third-order valence-electron chi connectivity index (χ3n) is 3.73. The van der Waals surface area contributed by atoms with Crippen molar-refractivity contribution in [2.24, 2.45) is 4.99 Å². The van der Waals surface area contributed by atoms with E-state index in [9.17, 15) is 13.2 Å². The topological polar surface area (TPSA) is 49.3 Å². The zero-order chi connectivity index (χ0) is 18.5. The summed E-state index contributed by atoms with van der Waals surface area (Å²) >= 11 is 0.973. The lowest BCUT2D eigenvalue weighted by molar-refractivity contribution is -0.140. The lowest BCUT2D eigenvalue weighted by Crippen LogP contribution is -2.43. The predicted molar refractivity (Wildman–Crippen MR) is 94.8 cm³/mol. The van der Waals surface area contributed by atoms with E-state index in [4.69, 9.17) is 0 Å². The van der Waals surface area contributed by atoms with Crippen molar-refractivity contribution in [3.63, 3.8) is 0 Å². The first-order valence-corrected chi connectivity index (χ1v) is 8.62. The monoisotopic (exact) mass is 370 g/mol.